The van der Waals surface area contributed by atoms with Crippen LogP contribution >= 0.6 is 0 Å². The maximum absolute atomic E-state index is 3.66. The Kier molecular flexibility index (Phi) is 3.07. The molecule has 16 heavy (non-hydrogen) atoms. The molecule has 1 atom stereocenters. The molecule has 0 bridgehead atoms. The number of benzene rings is 1. The second kappa shape index (κ2) is 4.21. The van der Waals surface area contributed by atoms with E-state index in [2.05, 4.69) is 51.2 Å². The van der Waals surface area contributed by atoms with Crippen molar-refractivity contribution < 1.29 is 0 Å². The monoisotopic (exact) mass is 217 g/mol. The fourth-order valence-electron chi connectivity index (χ4n) is 2.72. The lowest BCUT2D eigenvalue weighted by atomic mass is 9.85. The van der Waals surface area contributed by atoms with E-state index in [1.54, 1.807) is 0 Å². The fourth-order valence-corrected chi connectivity index (χ4v) is 2.72. The van der Waals surface area contributed by atoms with Gasteiger partial charge in [-0.15, -0.1) is 0 Å². The quantitative estimate of drug-likeness (QED) is 0.796. The van der Waals surface area contributed by atoms with Crippen molar-refractivity contribution in [3.8, 4) is 0 Å². The van der Waals surface area contributed by atoms with Crippen molar-refractivity contribution in [2.24, 2.45) is 0 Å². The van der Waals surface area contributed by atoms with E-state index in [0.29, 0.717) is 5.92 Å². The summed E-state index contributed by atoms with van der Waals surface area (Å²) >= 11 is 0. The zero-order valence-corrected chi connectivity index (χ0v) is 10.9. The summed E-state index contributed by atoms with van der Waals surface area (Å²) in [6.07, 6.45) is 2.55. The summed E-state index contributed by atoms with van der Waals surface area (Å²) in [6.45, 7) is 10.2. The van der Waals surface area contributed by atoms with E-state index in [4.69, 9.17) is 0 Å². The molecule has 0 aliphatic carbocycles. The Bertz CT molecular complexity index is 373. The molecular weight excluding hydrogens is 194 g/mol. The first kappa shape index (κ1) is 11.7. The van der Waals surface area contributed by atoms with Crippen LogP contribution in [-0.4, -0.2) is 6.54 Å². The highest BCUT2D eigenvalue weighted by atomic mass is 15.0. The summed E-state index contributed by atoms with van der Waals surface area (Å²) in [5, 5.41) is 3.66. The van der Waals surface area contributed by atoms with Crippen LogP contribution < -0.4 is 5.32 Å². The molecule has 1 heterocycles. The Labute approximate surface area is 99.3 Å². The van der Waals surface area contributed by atoms with Crippen LogP contribution in [0.15, 0.2) is 18.2 Å². The molecule has 1 aliphatic heterocycles. The van der Waals surface area contributed by atoms with Crippen molar-refractivity contribution in [2.75, 3.05) is 6.54 Å². The Balaban J connectivity index is 2.42. The van der Waals surface area contributed by atoms with Crippen molar-refractivity contribution >= 4 is 0 Å². The molecule has 1 aromatic rings. The highest BCUT2D eigenvalue weighted by molar-refractivity contribution is 5.38. The average Bonchev–Trinajstić information content (AvgIpc) is 2.66. The summed E-state index contributed by atoms with van der Waals surface area (Å²) in [7, 11) is 0. The number of nitrogens with one attached hydrogen (secondary N) is 1. The van der Waals surface area contributed by atoms with Crippen LogP contribution in [0.2, 0.25) is 0 Å². The van der Waals surface area contributed by atoms with Gasteiger partial charge >= 0.3 is 0 Å². The minimum absolute atomic E-state index is 0.203. The molecule has 1 unspecified atom stereocenters. The van der Waals surface area contributed by atoms with Crippen molar-refractivity contribution in [1.82, 2.24) is 5.32 Å². The van der Waals surface area contributed by atoms with Gasteiger partial charge in [0.15, 0.2) is 0 Å². The summed E-state index contributed by atoms with van der Waals surface area (Å²) in [4.78, 5) is 0. The minimum atomic E-state index is 0.203. The van der Waals surface area contributed by atoms with Gasteiger partial charge in [-0.3, -0.25) is 0 Å². The molecule has 1 N–H and O–H groups in total. The van der Waals surface area contributed by atoms with Crippen molar-refractivity contribution in [3.05, 3.63) is 34.9 Å². The molecule has 1 saturated heterocycles. The maximum atomic E-state index is 3.66. The van der Waals surface area contributed by atoms with Crippen molar-refractivity contribution in [2.45, 2.75) is 52.0 Å². The SMILES string of the molecule is Cc1ccc(C(C)C)cc1C1(C)CCCN1. The first-order valence-corrected chi connectivity index (χ1v) is 6.39. The molecule has 0 amide bonds. The molecule has 88 valence electrons. The smallest absolute Gasteiger partial charge is 0.0409 e. The van der Waals surface area contributed by atoms with Crippen LogP contribution in [0.1, 0.15) is 56.2 Å². The third-order valence-electron chi connectivity index (χ3n) is 3.89. The number of hydrogen-bond donors (Lipinski definition) is 1. The maximum Gasteiger partial charge on any atom is 0.0409 e. The van der Waals surface area contributed by atoms with Gasteiger partial charge in [-0.2, -0.15) is 0 Å². The first-order valence-electron chi connectivity index (χ1n) is 6.39. The van der Waals surface area contributed by atoms with Crippen LogP contribution in [0.25, 0.3) is 0 Å². The lowest BCUT2D eigenvalue weighted by molar-refractivity contribution is 0.432. The van der Waals surface area contributed by atoms with Crippen LogP contribution in [0.4, 0.5) is 0 Å². The second-order valence-electron chi connectivity index (χ2n) is 5.59. The third kappa shape index (κ3) is 2.01. The highest BCUT2D eigenvalue weighted by Gasteiger charge is 2.31. The molecule has 1 heteroatoms. The molecular formula is C15H23N. The van der Waals surface area contributed by atoms with Gasteiger partial charge in [-0.05, 0) is 55.8 Å². The molecule has 1 nitrogen and oxygen atoms in total. The van der Waals surface area contributed by atoms with Gasteiger partial charge in [0.2, 0.25) is 0 Å². The average molecular weight is 217 g/mol. The zero-order valence-electron chi connectivity index (χ0n) is 10.9. The van der Waals surface area contributed by atoms with E-state index in [1.807, 2.05) is 0 Å². The summed E-state index contributed by atoms with van der Waals surface area (Å²) in [5.74, 6) is 0.615. The predicted molar refractivity (Wildman–Crippen MR) is 69.9 cm³/mol. The van der Waals surface area contributed by atoms with E-state index in [9.17, 15) is 0 Å². The lowest BCUT2D eigenvalue weighted by Gasteiger charge is -2.28. The number of rotatable bonds is 2. The van der Waals surface area contributed by atoms with Crippen molar-refractivity contribution in [1.29, 1.82) is 0 Å². The molecule has 1 fully saturated rings. The lowest BCUT2D eigenvalue weighted by Crippen LogP contribution is -2.34. The van der Waals surface area contributed by atoms with Crippen LogP contribution in [0, 0.1) is 6.92 Å². The zero-order chi connectivity index (χ0) is 11.8. The number of aryl methyl sites for hydroxylation is 1. The number of hydrogen-bond acceptors (Lipinski definition) is 1. The van der Waals surface area contributed by atoms with Gasteiger partial charge < -0.3 is 5.32 Å². The molecule has 2 rings (SSSR count). The Morgan fingerprint density at radius 3 is 2.62 bits per heavy atom. The largest absolute Gasteiger partial charge is 0.308 e. The van der Waals surface area contributed by atoms with E-state index < -0.39 is 0 Å². The molecule has 0 spiro atoms. The highest BCUT2D eigenvalue weighted by Crippen LogP contribution is 2.34. The summed E-state index contributed by atoms with van der Waals surface area (Å²) in [5.41, 5.74) is 4.57. The van der Waals surface area contributed by atoms with E-state index in [1.165, 1.54) is 29.5 Å². The third-order valence-corrected chi connectivity index (χ3v) is 3.89. The van der Waals surface area contributed by atoms with Gasteiger partial charge in [0.25, 0.3) is 0 Å². The van der Waals surface area contributed by atoms with Gasteiger partial charge in [0.05, 0.1) is 0 Å². The van der Waals surface area contributed by atoms with Crippen molar-refractivity contribution in [3.63, 3.8) is 0 Å². The van der Waals surface area contributed by atoms with Gasteiger partial charge in [0, 0.05) is 5.54 Å². The summed E-state index contributed by atoms with van der Waals surface area (Å²) < 4.78 is 0. The Morgan fingerprint density at radius 1 is 1.31 bits per heavy atom. The topological polar surface area (TPSA) is 12.0 Å². The normalized spacial score (nSPS) is 25.3. The van der Waals surface area contributed by atoms with E-state index in [0.717, 1.165) is 6.54 Å². The molecule has 0 aromatic heterocycles. The van der Waals surface area contributed by atoms with Crippen LogP contribution in [-0.2, 0) is 5.54 Å². The van der Waals surface area contributed by atoms with Crippen LogP contribution in [0.5, 0.6) is 0 Å². The second-order valence-corrected chi connectivity index (χ2v) is 5.59. The minimum Gasteiger partial charge on any atom is -0.308 e. The standard InChI is InChI=1S/C15H23N/c1-11(2)13-7-6-12(3)14(10-13)15(4)8-5-9-16-15/h6-7,10-11,16H,5,8-9H2,1-4H3. The Hall–Kier alpha value is -0.820. The molecule has 0 saturated carbocycles. The van der Waals surface area contributed by atoms with Gasteiger partial charge in [-0.25, -0.2) is 0 Å². The molecule has 1 aromatic carbocycles. The molecule has 0 radical (unpaired) electrons. The Morgan fingerprint density at radius 2 is 2.06 bits per heavy atom. The van der Waals surface area contributed by atoms with Gasteiger partial charge in [-0.1, -0.05) is 32.0 Å². The fraction of sp³-hybridized carbons (Fsp3) is 0.600. The van der Waals surface area contributed by atoms with Gasteiger partial charge in [0.1, 0.15) is 0 Å². The first-order chi connectivity index (χ1) is 7.53. The van der Waals surface area contributed by atoms with E-state index >= 15 is 0 Å². The van der Waals surface area contributed by atoms with Crippen LogP contribution in [0.3, 0.4) is 0 Å². The summed E-state index contributed by atoms with van der Waals surface area (Å²) in [6, 6.07) is 6.94. The van der Waals surface area contributed by atoms with E-state index in [-0.39, 0.29) is 5.54 Å². The molecule has 1 aliphatic rings. The predicted octanol–water partition coefficient (Wildman–Crippen LogP) is 3.72.